The number of fused-ring (bicyclic) bond motifs is 3. The van der Waals surface area contributed by atoms with Crippen LogP contribution in [0.25, 0.3) is 16.5 Å². The topological polar surface area (TPSA) is 60.3 Å². The number of aromatic nitrogens is 1. The highest BCUT2D eigenvalue weighted by molar-refractivity contribution is 7.88. The molecule has 0 saturated heterocycles. The number of benzene rings is 1. The highest BCUT2D eigenvalue weighted by atomic mass is 32.2. The van der Waals surface area contributed by atoms with Crippen LogP contribution < -0.4 is 4.72 Å². The van der Waals surface area contributed by atoms with Gasteiger partial charge in [-0.15, -0.1) is 0 Å². The first-order valence-electron chi connectivity index (χ1n) is 9.37. The van der Waals surface area contributed by atoms with E-state index in [1.54, 1.807) is 6.20 Å². The Morgan fingerprint density at radius 1 is 1.19 bits per heavy atom. The SMILES string of the molecule is CS(=O)(=O)N/C=C1\COCc2c1c1ccccc1n2CC1CCCCC1. The molecule has 2 aromatic rings. The third kappa shape index (κ3) is 3.53. The molecule has 0 amide bonds. The van der Waals surface area contributed by atoms with E-state index in [0.29, 0.717) is 19.1 Å². The van der Waals surface area contributed by atoms with Gasteiger partial charge in [-0.2, -0.15) is 0 Å². The van der Waals surface area contributed by atoms with Crippen molar-refractivity contribution in [2.75, 3.05) is 12.9 Å². The Hall–Kier alpha value is -1.79. The maximum Gasteiger partial charge on any atom is 0.229 e. The average molecular weight is 375 g/mol. The second-order valence-corrected chi connectivity index (χ2v) is 9.29. The van der Waals surface area contributed by atoms with Gasteiger partial charge >= 0.3 is 0 Å². The second-order valence-electron chi connectivity index (χ2n) is 7.51. The first-order valence-corrected chi connectivity index (χ1v) is 11.3. The van der Waals surface area contributed by atoms with Crippen LogP contribution in [0.5, 0.6) is 0 Å². The van der Waals surface area contributed by atoms with Gasteiger partial charge in [-0.05, 0) is 24.8 Å². The number of para-hydroxylation sites is 1. The van der Waals surface area contributed by atoms with Gasteiger partial charge in [-0.3, -0.25) is 4.72 Å². The van der Waals surface area contributed by atoms with Crippen LogP contribution in [0.2, 0.25) is 0 Å². The highest BCUT2D eigenvalue weighted by Crippen LogP contribution is 2.37. The summed E-state index contributed by atoms with van der Waals surface area (Å²) in [6, 6.07) is 8.41. The molecule has 0 spiro atoms. The van der Waals surface area contributed by atoms with Crippen LogP contribution in [0.3, 0.4) is 0 Å². The Morgan fingerprint density at radius 2 is 1.96 bits per heavy atom. The molecule has 1 aromatic carbocycles. The van der Waals surface area contributed by atoms with E-state index in [2.05, 4.69) is 27.5 Å². The summed E-state index contributed by atoms with van der Waals surface area (Å²) in [7, 11) is -3.28. The summed E-state index contributed by atoms with van der Waals surface area (Å²) < 4.78 is 33.8. The summed E-state index contributed by atoms with van der Waals surface area (Å²) >= 11 is 0. The quantitative estimate of drug-likeness (QED) is 0.889. The molecule has 1 aliphatic heterocycles. The minimum Gasteiger partial charge on any atom is -0.370 e. The molecule has 0 radical (unpaired) electrons. The van der Waals surface area contributed by atoms with Crippen molar-refractivity contribution in [3.63, 3.8) is 0 Å². The number of hydrogen-bond donors (Lipinski definition) is 1. The van der Waals surface area contributed by atoms with E-state index in [9.17, 15) is 8.42 Å². The van der Waals surface area contributed by atoms with Crippen molar-refractivity contribution in [3.05, 3.63) is 41.7 Å². The van der Waals surface area contributed by atoms with Gasteiger partial charge in [0.25, 0.3) is 0 Å². The standard InChI is InChI=1S/C20H26N2O3S/c1-26(23,24)21-11-16-13-25-14-19-20(16)17-9-5-6-10-18(17)22(19)12-15-7-3-2-4-8-15/h5-6,9-11,15,21H,2-4,7-8,12-14H2,1H3/b16-11+. The number of ether oxygens (including phenoxy) is 1. The minimum absolute atomic E-state index is 0.424. The van der Waals surface area contributed by atoms with Gasteiger partial charge < -0.3 is 9.30 Å². The first kappa shape index (κ1) is 17.6. The molecule has 4 rings (SSSR count). The van der Waals surface area contributed by atoms with Crippen molar-refractivity contribution in [1.29, 1.82) is 0 Å². The lowest BCUT2D eigenvalue weighted by molar-refractivity contribution is 0.139. The fourth-order valence-corrected chi connectivity index (χ4v) is 4.68. The normalized spacial score (nSPS) is 20.4. The number of sulfonamides is 1. The summed E-state index contributed by atoms with van der Waals surface area (Å²) in [5.41, 5.74) is 4.43. The van der Waals surface area contributed by atoms with E-state index in [1.165, 1.54) is 55.0 Å². The minimum atomic E-state index is -3.28. The fraction of sp³-hybridized carbons (Fsp3) is 0.500. The molecule has 0 atom stereocenters. The first-order chi connectivity index (χ1) is 12.5. The van der Waals surface area contributed by atoms with Gasteiger partial charge in [0.05, 0.1) is 25.2 Å². The van der Waals surface area contributed by atoms with Gasteiger partial charge in [-0.1, -0.05) is 37.5 Å². The molecule has 6 heteroatoms. The molecule has 1 N–H and O–H groups in total. The predicted molar refractivity (Wildman–Crippen MR) is 104 cm³/mol. The predicted octanol–water partition coefficient (Wildman–Crippen LogP) is 3.64. The Bertz CT molecular complexity index is 937. The van der Waals surface area contributed by atoms with E-state index < -0.39 is 10.0 Å². The highest BCUT2D eigenvalue weighted by Gasteiger charge is 2.25. The molecule has 1 fully saturated rings. The fourth-order valence-electron chi connectivity index (χ4n) is 4.32. The third-order valence-corrected chi connectivity index (χ3v) is 6.05. The monoisotopic (exact) mass is 374 g/mol. The molecule has 0 unspecified atom stereocenters. The van der Waals surface area contributed by atoms with E-state index in [4.69, 9.17) is 4.74 Å². The van der Waals surface area contributed by atoms with Crippen LogP contribution in [0.4, 0.5) is 0 Å². The van der Waals surface area contributed by atoms with E-state index >= 15 is 0 Å². The molecule has 5 nitrogen and oxygen atoms in total. The van der Waals surface area contributed by atoms with Crippen molar-refractivity contribution in [2.24, 2.45) is 5.92 Å². The van der Waals surface area contributed by atoms with Crippen LogP contribution in [0, 0.1) is 5.92 Å². The molecule has 2 heterocycles. The molecule has 2 aliphatic rings. The molecule has 0 bridgehead atoms. The summed E-state index contributed by atoms with van der Waals surface area (Å²) in [5, 5.41) is 1.18. The Kier molecular flexibility index (Phi) is 4.80. The Balaban J connectivity index is 1.79. The van der Waals surface area contributed by atoms with Gasteiger partial charge in [0.1, 0.15) is 0 Å². The smallest absolute Gasteiger partial charge is 0.229 e. The van der Waals surface area contributed by atoms with Crippen LogP contribution in [0.15, 0.2) is 30.5 Å². The average Bonchev–Trinajstić information content (AvgIpc) is 2.95. The van der Waals surface area contributed by atoms with Crippen LogP contribution in [-0.2, 0) is 27.9 Å². The number of nitrogens with zero attached hydrogens (tertiary/aromatic N) is 1. The molecule has 1 saturated carbocycles. The van der Waals surface area contributed by atoms with Gasteiger partial charge in [0.2, 0.25) is 10.0 Å². The van der Waals surface area contributed by atoms with Crippen LogP contribution in [0.1, 0.15) is 43.4 Å². The van der Waals surface area contributed by atoms with Crippen molar-refractivity contribution in [3.8, 4) is 0 Å². The summed E-state index contributed by atoms with van der Waals surface area (Å²) in [5.74, 6) is 0.715. The van der Waals surface area contributed by atoms with E-state index in [-0.39, 0.29) is 0 Å². The Labute approximate surface area is 155 Å². The van der Waals surface area contributed by atoms with Gasteiger partial charge in [-0.25, -0.2) is 8.42 Å². The maximum absolute atomic E-state index is 11.5. The third-order valence-electron chi connectivity index (χ3n) is 5.51. The molecular formula is C20H26N2O3S. The van der Waals surface area contributed by atoms with Crippen molar-refractivity contribution < 1.29 is 13.2 Å². The Morgan fingerprint density at radius 3 is 2.73 bits per heavy atom. The molecule has 1 aliphatic carbocycles. The zero-order chi connectivity index (χ0) is 18.1. The maximum atomic E-state index is 11.5. The summed E-state index contributed by atoms with van der Waals surface area (Å²) in [6.07, 6.45) is 9.35. The summed E-state index contributed by atoms with van der Waals surface area (Å²) in [6.45, 7) is 2.02. The van der Waals surface area contributed by atoms with Crippen LogP contribution >= 0.6 is 0 Å². The second kappa shape index (κ2) is 7.08. The molecule has 26 heavy (non-hydrogen) atoms. The lowest BCUT2D eigenvalue weighted by atomic mass is 9.89. The summed E-state index contributed by atoms with van der Waals surface area (Å²) in [4.78, 5) is 0. The van der Waals surface area contributed by atoms with Gasteiger partial charge in [0, 0.05) is 34.8 Å². The largest absolute Gasteiger partial charge is 0.370 e. The zero-order valence-electron chi connectivity index (χ0n) is 15.2. The number of hydrogen-bond acceptors (Lipinski definition) is 3. The molecule has 140 valence electrons. The van der Waals surface area contributed by atoms with E-state index in [1.807, 2.05) is 6.07 Å². The lowest BCUT2D eigenvalue weighted by Gasteiger charge is -2.25. The molecule has 1 aromatic heterocycles. The van der Waals surface area contributed by atoms with Crippen molar-refractivity contribution >= 4 is 26.5 Å². The van der Waals surface area contributed by atoms with Crippen molar-refractivity contribution in [1.82, 2.24) is 9.29 Å². The molecular weight excluding hydrogens is 348 g/mol. The van der Waals surface area contributed by atoms with Gasteiger partial charge in [0.15, 0.2) is 0 Å². The van der Waals surface area contributed by atoms with Crippen molar-refractivity contribution in [2.45, 2.75) is 45.3 Å². The van der Waals surface area contributed by atoms with Crippen LogP contribution in [-0.4, -0.2) is 25.8 Å². The zero-order valence-corrected chi connectivity index (χ0v) is 16.0. The number of nitrogens with one attached hydrogen (secondary N) is 1. The van der Waals surface area contributed by atoms with E-state index in [0.717, 1.165) is 17.7 Å². The lowest BCUT2D eigenvalue weighted by Crippen LogP contribution is -2.20. The number of rotatable bonds is 4.